The van der Waals surface area contributed by atoms with Crippen molar-refractivity contribution < 1.29 is 9.78 Å². The number of hydrogen-bond donors (Lipinski definition) is 0. The highest BCUT2D eigenvalue weighted by Gasteiger charge is 1.87. The molecule has 7 heavy (non-hydrogen) atoms. The zero-order chi connectivity index (χ0) is 5.11. The van der Waals surface area contributed by atoms with E-state index in [1.165, 1.54) is 6.26 Å². The predicted molar refractivity (Wildman–Crippen MR) is 25.1 cm³/mol. The average Bonchev–Trinajstić information content (AvgIpc) is 1.69. The highest BCUT2D eigenvalue weighted by Crippen LogP contribution is 2.01. The maximum absolute atomic E-state index is 4.43. The summed E-state index contributed by atoms with van der Waals surface area (Å²) in [4.78, 5) is 8.82. The Bertz CT molecular complexity index is 113. The lowest BCUT2D eigenvalue weighted by atomic mass is 10.3. The van der Waals surface area contributed by atoms with Gasteiger partial charge in [-0.3, -0.25) is 9.78 Å². The van der Waals surface area contributed by atoms with Gasteiger partial charge in [-0.15, -0.1) is 0 Å². The summed E-state index contributed by atoms with van der Waals surface area (Å²) in [5.74, 6) is 0. The van der Waals surface area contributed by atoms with Crippen molar-refractivity contribution in [2.75, 3.05) is 0 Å². The molecule has 0 radical (unpaired) electrons. The third kappa shape index (κ3) is 0.961. The number of rotatable bonds is 0. The highest BCUT2D eigenvalue weighted by atomic mass is 17.2. The Labute approximate surface area is 42.0 Å². The van der Waals surface area contributed by atoms with E-state index in [0.29, 0.717) is 0 Å². The normalized spacial score (nSPS) is 17.0. The summed E-state index contributed by atoms with van der Waals surface area (Å²) in [5.41, 5.74) is 1.06. The lowest BCUT2D eigenvalue weighted by molar-refractivity contribution is -0.199. The van der Waals surface area contributed by atoms with Crippen molar-refractivity contribution in [1.29, 1.82) is 0 Å². The van der Waals surface area contributed by atoms with Crippen LogP contribution >= 0.6 is 0 Å². The average molecular weight is 98.1 g/mol. The van der Waals surface area contributed by atoms with Crippen molar-refractivity contribution in [2.24, 2.45) is 0 Å². The van der Waals surface area contributed by atoms with Crippen molar-refractivity contribution in [2.45, 2.75) is 6.92 Å². The van der Waals surface area contributed by atoms with Crippen molar-refractivity contribution in [3.05, 3.63) is 24.2 Å². The molecule has 0 aromatic rings. The largest absolute Gasteiger partial charge is 0.299 e. The van der Waals surface area contributed by atoms with Crippen molar-refractivity contribution in [3.8, 4) is 0 Å². The molecule has 0 aromatic carbocycles. The lowest BCUT2D eigenvalue weighted by Gasteiger charge is -2.00. The van der Waals surface area contributed by atoms with Crippen LogP contribution in [0.5, 0.6) is 0 Å². The molecule has 0 saturated heterocycles. The van der Waals surface area contributed by atoms with E-state index < -0.39 is 0 Å². The summed E-state index contributed by atoms with van der Waals surface area (Å²) < 4.78 is 0. The molecule has 1 aliphatic rings. The van der Waals surface area contributed by atoms with Crippen LogP contribution in [-0.4, -0.2) is 0 Å². The molecular formula is C5H6O2. The van der Waals surface area contributed by atoms with E-state index in [1.807, 2.05) is 13.0 Å². The van der Waals surface area contributed by atoms with Crippen LogP contribution in [0.25, 0.3) is 0 Å². The van der Waals surface area contributed by atoms with Crippen LogP contribution in [0.3, 0.4) is 0 Å². The molecule has 2 heteroatoms. The van der Waals surface area contributed by atoms with E-state index in [2.05, 4.69) is 9.78 Å². The summed E-state index contributed by atoms with van der Waals surface area (Å²) in [7, 11) is 0. The van der Waals surface area contributed by atoms with Gasteiger partial charge in [0, 0.05) is 0 Å². The van der Waals surface area contributed by atoms with Gasteiger partial charge in [-0.05, 0) is 18.6 Å². The first-order chi connectivity index (χ1) is 3.39. The first-order valence-electron chi connectivity index (χ1n) is 2.05. The van der Waals surface area contributed by atoms with Gasteiger partial charge in [-0.25, -0.2) is 0 Å². The molecule has 38 valence electrons. The van der Waals surface area contributed by atoms with Gasteiger partial charge in [0.1, 0.15) is 12.5 Å². The maximum Gasteiger partial charge on any atom is 0.145 e. The molecule has 0 saturated carbocycles. The second-order valence-corrected chi connectivity index (χ2v) is 1.36. The summed E-state index contributed by atoms with van der Waals surface area (Å²) in [5, 5.41) is 0. The zero-order valence-electron chi connectivity index (χ0n) is 4.05. The lowest BCUT2D eigenvalue weighted by Crippen LogP contribution is -1.84. The minimum Gasteiger partial charge on any atom is -0.299 e. The molecule has 0 N–H and O–H groups in total. The Morgan fingerprint density at radius 2 is 2.29 bits per heavy atom. The molecule has 0 unspecified atom stereocenters. The molecule has 0 spiro atoms. The molecule has 0 aromatic heterocycles. The summed E-state index contributed by atoms with van der Waals surface area (Å²) >= 11 is 0. The van der Waals surface area contributed by atoms with Crippen molar-refractivity contribution in [3.63, 3.8) is 0 Å². The van der Waals surface area contributed by atoms with Crippen LogP contribution in [0, 0.1) is 0 Å². The summed E-state index contributed by atoms with van der Waals surface area (Å²) in [6, 6.07) is 0. The molecule has 0 fully saturated rings. The molecule has 0 bridgehead atoms. The van der Waals surface area contributed by atoms with E-state index in [-0.39, 0.29) is 0 Å². The highest BCUT2D eigenvalue weighted by molar-refractivity contribution is 5.12. The number of allylic oxidation sites excluding steroid dienone is 2. The minimum atomic E-state index is 1.06. The quantitative estimate of drug-likeness (QED) is 0.426. The fourth-order valence-electron chi connectivity index (χ4n) is 0.310. The van der Waals surface area contributed by atoms with Crippen molar-refractivity contribution >= 4 is 0 Å². The van der Waals surface area contributed by atoms with Crippen LogP contribution < -0.4 is 0 Å². The smallest absolute Gasteiger partial charge is 0.145 e. The van der Waals surface area contributed by atoms with Gasteiger partial charge in [0.05, 0.1) is 0 Å². The van der Waals surface area contributed by atoms with Gasteiger partial charge in [0.15, 0.2) is 0 Å². The molecule has 0 aliphatic carbocycles. The molecule has 1 heterocycles. The van der Waals surface area contributed by atoms with E-state index in [4.69, 9.17) is 0 Å². The Morgan fingerprint density at radius 1 is 1.43 bits per heavy atom. The Morgan fingerprint density at radius 3 is 2.57 bits per heavy atom. The molecule has 0 atom stereocenters. The van der Waals surface area contributed by atoms with Gasteiger partial charge in [0.25, 0.3) is 0 Å². The van der Waals surface area contributed by atoms with Crippen LogP contribution in [0.1, 0.15) is 6.92 Å². The van der Waals surface area contributed by atoms with Crippen LogP contribution in [0.15, 0.2) is 24.2 Å². The standard InChI is InChI=1S/C5H6O2/c1-5-2-3-6-7-4-5/h2-4H,1H3. The van der Waals surface area contributed by atoms with E-state index >= 15 is 0 Å². The van der Waals surface area contributed by atoms with Crippen molar-refractivity contribution in [1.82, 2.24) is 0 Å². The van der Waals surface area contributed by atoms with Gasteiger partial charge < -0.3 is 0 Å². The third-order valence-electron chi connectivity index (χ3n) is 0.676. The van der Waals surface area contributed by atoms with Gasteiger partial charge >= 0.3 is 0 Å². The van der Waals surface area contributed by atoms with E-state index in [1.54, 1.807) is 6.26 Å². The van der Waals surface area contributed by atoms with Gasteiger partial charge in [-0.1, -0.05) is 0 Å². The predicted octanol–water partition coefficient (Wildman–Crippen LogP) is 1.37. The minimum absolute atomic E-state index is 1.06. The first kappa shape index (κ1) is 4.24. The molecular weight excluding hydrogens is 92.1 g/mol. The third-order valence-corrected chi connectivity index (χ3v) is 0.676. The second kappa shape index (κ2) is 1.69. The SMILES string of the molecule is CC1=COOC=C1. The Hall–Kier alpha value is -0.920. The van der Waals surface area contributed by atoms with E-state index in [0.717, 1.165) is 5.57 Å². The maximum atomic E-state index is 4.43. The second-order valence-electron chi connectivity index (χ2n) is 1.36. The molecule has 0 amide bonds. The topological polar surface area (TPSA) is 18.5 Å². The number of hydrogen-bond acceptors (Lipinski definition) is 2. The van der Waals surface area contributed by atoms with E-state index in [9.17, 15) is 0 Å². The summed E-state index contributed by atoms with van der Waals surface area (Å²) in [6.45, 7) is 1.93. The zero-order valence-corrected chi connectivity index (χ0v) is 4.05. The van der Waals surface area contributed by atoms with Crippen LogP contribution in [0.2, 0.25) is 0 Å². The Kier molecular flexibility index (Phi) is 1.02. The summed E-state index contributed by atoms with van der Waals surface area (Å²) in [6.07, 6.45) is 4.86. The Balaban J connectivity index is 2.58. The van der Waals surface area contributed by atoms with Crippen LogP contribution in [-0.2, 0) is 9.78 Å². The molecule has 1 aliphatic heterocycles. The monoisotopic (exact) mass is 98.0 g/mol. The molecule has 2 nitrogen and oxygen atoms in total. The van der Waals surface area contributed by atoms with Gasteiger partial charge in [0.2, 0.25) is 0 Å². The molecule has 1 rings (SSSR count). The fraction of sp³-hybridized carbons (Fsp3) is 0.200. The fourth-order valence-corrected chi connectivity index (χ4v) is 0.310. The van der Waals surface area contributed by atoms with Crippen LogP contribution in [0.4, 0.5) is 0 Å². The van der Waals surface area contributed by atoms with Gasteiger partial charge in [-0.2, -0.15) is 0 Å². The first-order valence-corrected chi connectivity index (χ1v) is 2.05.